The van der Waals surface area contributed by atoms with Crippen LogP contribution in [0, 0.1) is 10.1 Å². The SMILES string of the molecule is C=CCn1c(SCC(=O)Nc2ccc([N+](=O)[O-])cc2)nnc1-c1cccc(N(C)C)c1. The van der Waals surface area contributed by atoms with Crippen LogP contribution < -0.4 is 10.2 Å². The second kappa shape index (κ2) is 9.90. The van der Waals surface area contributed by atoms with E-state index in [1.54, 1.807) is 6.08 Å². The van der Waals surface area contributed by atoms with E-state index in [9.17, 15) is 14.9 Å². The molecule has 0 unspecified atom stereocenters. The first-order chi connectivity index (χ1) is 14.9. The van der Waals surface area contributed by atoms with E-state index in [1.807, 2.05) is 47.8 Å². The van der Waals surface area contributed by atoms with E-state index in [0.29, 0.717) is 23.2 Å². The summed E-state index contributed by atoms with van der Waals surface area (Å²) < 4.78 is 1.91. The molecule has 0 fully saturated rings. The number of nitrogens with zero attached hydrogens (tertiary/aromatic N) is 5. The standard InChI is InChI=1S/C21H22N6O3S/c1-4-12-26-20(15-6-5-7-18(13-15)25(2)3)23-24-21(26)31-14-19(28)22-16-8-10-17(11-9-16)27(29)30/h4-11,13H,1,12,14H2,2-3H3,(H,22,28). The van der Waals surface area contributed by atoms with Crippen LogP contribution in [0.2, 0.25) is 0 Å². The van der Waals surface area contributed by atoms with E-state index in [1.165, 1.54) is 36.0 Å². The van der Waals surface area contributed by atoms with Crippen LogP contribution in [0.1, 0.15) is 0 Å². The third-order valence-electron chi connectivity index (χ3n) is 4.34. The lowest BCUT2D eigenvalue weighted by Gasteiger charge is -2.14. The van der Waals surface area contributed by atoms with E-state index in [0.717, 1.165) is 11.3 Å². The third-order valence-corrected chi connectivity index (χ3v) is 5.31. The summed E-state index contributed by atoms with van der Waals surface area (Å²) in [4.78, 5) is 24.6. The molecule has 1 heterocycles. The van der Waals surface area contributed by atoms with Gasteiger partial charge in [0.25, 0.3) is 5.69 Å². The van der Waals surface area contributed by atoms with E-state index in [2.05, 4.69) is 22.1 Å². The van der Waals surface area contributed by atoms with Crippen molar-refractivity contribution in [3.8, 4) is 11.4 Å². The Morgan fingerprint density at radius 3 is 2.65 bits per heavy atom. The van der Waals surface area contributed by atoms with Crippen molar-refractivity contribution in [2.45, 2.75) is 11.7 Å². The highest BCUT2D eigenvalue weighted by Crippen LogP contribution is 2.27. The molecule has 10 heteroatoms. The summed E-state index contributed by atoms with van der Waals surface area (Å²) >= 11 is 1.26. The highest BCUT2D eigenvalue weighted by molar-refractivity contribution is 7.99. The van der Waals surface area contributed by atoms with Gasteiger partial charge >= 0.3 is 0 Å². The highest BCUT2D eigenvalue weighted by atomic mass is 32.2. The Labute approximate surface area is 183 Å². The first kappa shape index (κ1) is 22.0. The second-order valence-corrected chi connectivity index (χ2v) is 7.73. The lowest BCUT2D eigenvalue weighted by atomic mass is 10.2. The van der Waals surface area contributed by atoms with Crippen molar-refractivity contribution in [2.75, 3.05) is 30.1 Å². The Morgan fingerprint density at radius 1 is 1.26 bits per heavy atom. The maximum absolute atomic E-state index is 12.3. The number of benzene rings is 2. The molecule has 3 rings (SSSR count). The number of carbonyl (C=O) groups excluding carboxylic acids is 1. The molecule has 1 aromatic heterocycles. The Hall–Kier alpha value is -3.66. The van der Waals surface area contributed by atoms with Gasteiger partial charge in [-0.05, 0) is 24.3 Å². The molecule has 0 aliphatic carbocycles. The van der Waals surface area contributed by atoms with Gasteiger partial charge < -0.3 is 10.2 Å². The zero-order chi connectivity index (χ0) is 22.4. The van der Waals surface area contributed by atoms with Gasteiger partial charge in [-0.1, -0.05) is 30.0 Å². The van der Waals surface area contributed by atoms with Crippen LogP contribution in [0.15, 0.2) is 66.3 Å². The summed E-state index contributed by atoms with van der Waals surface area (Å²) in [6, 6.07) is 13.6. The lowest BCUT2D eigenvalue weighted by molar-refractivity contribution is -0.384. The fraction of sp³-hybridized carbons (Fsp3) is 0.190. The van der Waals surface area contributed by atoms with Gasteiger partial charge in [0.1, 0.15) is 0 Å². The molecule has 1 N–H and O–H groups in total. The molecule has 0 spiro atoms. The smallest absolute Gasteiger partial charge is 0.269 e. The zero-order valence-corrected chi connectivity index (χ0v) is 18.0. The Balaban J connectivity index is 1.71. The van der Waals surface area contributed by atoms with Crippen LogP contribution in [-0.4, -0.2) is 45.4 Å². The molecule has 0 bridgehead atoms. The number of hydrogen-bond acceptors (Lipinski definition) is 7. The van der Waals surface area contributed by atoms with Gasteiger partial charge in [-0.15, -0.1) is 16.8 Å². The number of nitro benzene ring substituents is 1. The second-order valence-electron chi connectivity index (χ2n) is 6.79. The van der Waals surface area contributed by atoms with Gasteiger partial charge in [0.15, 0.2) is 11.0 Å². The van der Waals surface area contributed by atoms with Crippen molar-refractivity contribution in [2.24, 2.45) is 0 Å². The average molecular weight is 439 g/mol. The van der Waals surface area contributed by atoms with E-state index in [4.69, 9.17) is 0 Å². The van der Waals surface area contributed by atoms with Gasteiger partial charge in [-0.2, -0.15) is 0 Å². The quantitative estimate of drug-likeness (QED) is 0.234. The minimum Gasteiger partial charge on any atom is -0.378 e. The number of allylic oxidation sites excluding steroid dienone is 1. The molecule has 2 aromatic carbocycles. The number of carbonyl (C=O) groups is 1. The summed E-state index contributed by atoms with van der Waals surface area (Å²) in [7, 11) is 3.94. The number of rotatable bonds is 9. The van der Waals surface area contributed by atoms with Crippen LogP contribution >= 0.6 is 11.8 Å². The largest absolute Gasteiger partial charge is 0.378 e. The monoisotopic (exact) mass is 438 g/mol. The molecule has 0 aliphatic rings. The van der Waals surface area contributed by atoms with Crippen molar-refractivity contribution < 1.29 is 9.72 Å². The number of aromatic nitrogens is 3. The summed E-state index contributed by atoms with van der Waals surface area (Å²) in [5, 5.41) is 22.6. The molecule has 1 amide bonds. The van der Waals surface area contributed by atoms with Crippen molar-refractivity contribution in [3.05, 3.63) is 71.3 Å². The summed E-state index contributed by atoms with van der Waals surface area (Å²) in [6.07, 6.45) is 1.75. The predicted molar refractivity (Wildman–Crippen MR) is 122 cm³/mol. The molecular formula is C21H22N6O3S. The molecule has 160 valence electrons. The summed E-state index contributed by atoms with van der Waals surface area (Å²) in [5.41, 5.74) is 2.42. The van der Waals surface area contributed by atoms with Gasteiger partial charge in [0.2, 0.25) is 5.91 Å². The summed E-state index contributed by atoms with van der Waals surface area (Å²) in [6.45, 7) is 4.31. The first-order valence-corrected chi connectivity index (χ1v) is 10.4. The average Bonchev–Trinajstić information content (AvgIpc) is 3.15. The Kier molecular flexibility index (Phi) is 7.03. The third kappa shape index (κ3) is 5.48. The van der Waals surface area contributed by atoms with E-state index in [-0.39, 0.29) is 17.3 Å². The van der Waals surface area contributed by atoms with Crippen LogP contribution in [0.3, 0.4) is 0 Å². The van der Waals surface area contributed by atoms with Gasteiger partial charge in [0, 0.05) is 49.7 Å². The number of hydrogen-bond donors (Lipinski definition) is 1. The fourth-order valence-corrected chi connectivity index (χ4v) is 3.57. The maximum Gasteiger partial charge on any atom is 0.269 e. The van der Waals surface area contributed by atoms with Crippen molar-refractivity contribution in [3.63, 3.8) is 0 Å². The number of thioether (sulfide) groups is 1. The Morgan fingerprint density at radius 2 is 2.00 bits per heavy atom. The molecule has 0 saturated heterocycles. The van der Waals surface area contributed by atoms with Crippen LogP contribution in [0.4, 0.5) is 17.1 Å². The summed E-state index contributed by atoms with van der Waals surface area (Å²) in [5.74, 6) is 0.564. The topological polar surface area (TPSA) is 106 Å². The molecule has 0 atom stereocenters. The number of non-ortho nitro benzene ring substituents is 1. The van der Waals surface area contributed by atoms with Crippen LogP contribution in [0.25, 0.3) is 11.4 Å². The first-order valence-electron chi connectivity index (χ1n) is 9.38. The minimum absolute atomic E-state index is 0.0317. The highest BCUT2D eigenvalue weighted by Gasteiger charge is 2.16. The zero-order valence-electron chi connectivity index (χ0n) is 17.2. The molecule has 9 nitrogen and oxygen atoms in total. The lowest BCUT2D eigenvalue weighted by Crippen LogP contribution is -2.14. The molecular weight excluding hydrogens is 416 g/mol. The van der Waals surface area contributed by atoms with Crippen molar-refractivity contribution >= 4 is 34.7 Å². The Bertz CT molecular complexity index is 1090. The van der Waals surface area contributed by atoms with Gasteiger partial charge in [-0.25, -0.2) is 0 Å². The normalized spacial score (nSPS) is 10.5. The molecule has 31 heavy (non-hydrogen) atoms. The van der Waals surface area contributed by atoms with E-state index >= 15 is 0 Å². The van der Waals surface area contributed by atoms with Crippen LogP contribution in [0.5, 0.6) is 0 Å². The number of nitro groups is 1. The number of nitrogens with one attached hydrogen (secondary N) is 1. The molecule has 3 aromatic rings. The molecule has 0 aliphatic heterocycles. The molecule has 0 saturated carbocycles. The van der Waals surface area contributed by atoms with Crippen molar-refractivity contribution in [1.82, 2.24) is 14.8 Å². The van der Waals surface area contributed by atoms with Crippen molar-refractivity contribution in [1.29, 1.82) is 0 Å². The maximum atomic E-state index is 12.3. The minimum atomic E-state index is -0.486. The van der Waals surface area contributed by atoms with Gasteiger partial charge in [0.05, 0.1) is 10.7 Å². The number of anilines is 2. The molecule has 0 radical (unpaired) electrons. The number of amides is 1. The van der Waals surface area contributed by atoms with Crippen LogP contribution in [-0.2, 0) is 11.3 Å². The fourth-order valence-electron chi connectivity index (χ4n) is 2.82. The van der Waals surface area contributed by atoms with Gasteiger partial charge in [-0.3, -0.25) is 19.5 Å². The predicted octanol–water partition coefficient (Wildman–Crippen LogP) is 3.84. The van der Waals surface area contributed by atoms with E-state index < -0.39 is 4.92 Å².